The summed E-state index contributed by atoms with van der Waals surface area (Å²) in [6.45, 7) is 1.98. The Hall–Kier alpha value is -2.93. The number of aromatic hydroxyl groups is 2. The number of benzene rings is 2. The van der Waals surface area contributed by atoms with E-state index in [0.717, 1.165) is 11.1 Å². The molecule has 0 atom stereocenters. The summed E-state index contributed by atoms with van der Waals surface area (Å²) in [6, 6.07) is 12.1. The Kier molecular flexibility index (Phi) is 3.94. The monoisotopic (exact) mass is 326 g/mol. The summed E-state index contributed by atoms with van der Waals surface area (Å²) in [6.07, 6.45) is 1.46. The summed E-state index contributed by atoms with van der Waals surface area (Å²) in [4.78, 5) is 0. The summed E-state index contributed by atoms with van der Waals surface area (Å²) < 4.78 is 1.84. The molecule has 7 heteroatoms. The van der Waals surface area contributed by atoms with E-state index in [4.69, 9.17) is 12.2 Å². The molecule has 0 aliphatic rings. The SMILES string of the molecule is Cc1ccccc1-c1n[nH]c(=S)n1N=Cc1ccc(O)cc1O. The molecule has 0 aliphatic heterocycles. The van der Waals surface area contributed by atoms with Gasteiger partial charge in [0.25, 0.3) is 0 Å². The van der Waals surface area contributed by atoms with Gasteiger partial charge < -0.3 is 10.2 Å². The van der Waals surface area contributed by atoms with Crippen LogP contribution in [0.2, 0.25) is 0 Å². The zero-order chi connectivity index (χ0) is 16.4. The number of hydrogen-bond donors (Lipinski definition) is 3. The topological polar surface area (TPSA) is 86.4 Å². The van der Waals surface area contributed by atoms with Crippen molar-refractivity contribution in [2.75, 3.05) is 0 Å². The van der Waals surface area contributed by atoms with Gasteiger partial charge in [0.15, 0.2) is 5.82 Å². The third-order valence-electron chi connectivity index (χ3n) is 3.36. The van der Waals surface area contributed by atoms with E-state index in [9.17, 15) is 10.2 Å². The first-order valence-corrected chi connectivity index (χ1v) is 7.27. The molecule has 0 amide bonds. The van der Waals surface area contributed by atoms with Crippen molar-refractivity contribution in [1.82, 2.24) is 14.9 Å². The first-order valence-electron chi connectivity index (χ1n) is 6.86. The summed E-state index contributed by atoms with van der Waals surface area (Å²) in [7, 11) is 0. The second-order valence-corrected chi connectivity index (χ2v) is 5.35. The molecule has 3 N–H and O–H groups in total. The van der Waals surface area contributed by atoms with E-state index < -0.39 is 0 Å². The molecule has 1 aromatic heterocycles. The number of rotatable bonds is 3. The molecule has 0 unspecified atom stereocenters. The number of phenols is 2. The van der Waals surface area contributed by atoms with Crippen molar-refractivity contribution in [3.63, 3.8) is 0 Å². The molecule has 0 bridgehead atoms. The fraction of sp³-hybridized carbons (Fsp3) is 0.0625. The number of phenolic OH excluding ortho intramolecular Hbond substituents is 2. The second-order valence-electron chi connectivity index (χ2n) is 4.97. The average Bonchev–Trinajstić information content (AvgIpc) is 2.88. The van der Waals surface area contributed by atoms with E-state index in [-0.39, 0.29) is 11.5 Å². The predicted octanol–water partition coefficient (Wildman–Crippen LogP) is 3.21. The van der Waals surface area contributed by atoms with Crippen molar-refractivity contribution >= 4 is 18.4 Å². The molecule has 0 radical (unpaired) electrons. The highest BCUT2D eigenvalue weighted by Gasteiger charge is 2.10. The summed E-state index contributed by atoms with van der Waals surface area (Å²) in [5.74, 6) is 0.504. The van der Waals surface area contributed by atoms with Gasteiger partial charge in [-0.15, -0.1) is 0 Å². The molecule has 0 saturated heterocycles. The van der Waals surface area contributed by atoms with Crippen LogP contribution >= 0.6 is 12.2 Å². The smallest absolute Gasteiger partial charge is 0.216 e. The quantitative estimate of drug-likeness (QED) is 0.509. The number of nitrogens with zero attached hydrogens (tertiary/aromatic N) is 3. The van der Waals surface area contributed by atoms with E-state index in [1.807, 2.05) is 31.2 Å². The zero-order valence-electron chi connectivity index (χ0n) is 12.3. The van der Waals surface area contributed by atoms with Crippen LogP contribution < -0.4 is 0 Å². The van der Waals surface area contributed by atoms with E-state index >= 15 is 0 Å². The highest BCUT2D eigenvalue weighted by molar-refractivity contribution is 7.71. The van der Waals surface area contributed by atoms with E-state index in [1.165, 1.54) is 23.0 Å². The first kappa shape index (κ1) is 15.0. The Bertz CT molecular complexity index is 943. The lowest BCUT2D eigenvalue weighted by Crippen LogP contribution is -1.96. The van der Waals surface area contributed by atoms with Crippen LogP contribution in [-0.2, 0) is 0 Å². The van der Waals surface area contributed by atoms with Crippen molar-refractivity contribution in [2.45, 2.75) is 6.92 Å². The van der Waals surface area contributed by atoms with Crippen LogP contribution in [0.15, 0.2) is 47.6 Å². The van der Waals surface area contributed by atoms with Crippen LogP contribution in [0.1, 0.15) is 11.1 Å². The van der Waals surface area contributed by atoms with Gasteiger partial charge in [-0.05, 0) is 36.8 Å². The number of aromatic nitrogens is 3. The number of aryl methyl sites for hydroxylation is 1. The third kappa shape index (κ3) is 3.00. The predicted molar refractivity (Wildman–Crippen MR) is 90.3 cm³/mol. The van der Waals surface area contributed by atoms with Gasteiger partial charge in [0.05, 0.1) is 6.21 Å². The van der Waals surface area contributed by atoms with Gasteiger partial charge in [-0.3, -0.25) is 0 Å². The lowest BCUT2D eigenvalue weighted by atomic mass is 10.1. The molecule has 23 heavy (non-hydrogen) atoms. The lowest BCUT2D eigenvalue weighted by molar-refractivity contribution is 0.450. The maximum Gasteiger partial charge on any atom is 0.216 e. The van der Waals surface area contributed by atoms with E-state index in [1.54, 1.807) is 6.07 Å². The fourth-order valence-corrected chi connectivity index (χ4v) is 2.34. The molecule has 0 aliphatic carbocycles. The highest BCUT2D eigenvalue weighted by atomic mass is 32.1. The number of aromatic amines is 1. The maximum atomic E-state index is 9.81. The number of H-pyrrole nitrogens is 1. The van der Waals surface area contributed by atoms with Crippen molar-refractivity contribution in [1.29, 1.82) is 0 Å². The van der Waals surface area contributed by atoms with Crippen LogP contribution in [0.3, 0.4) is 0 Å². The van der Waals surface area contributed by atoms with Gasteiger partial charge in [-0.1, -0.05) is 24.3 Å². The molecule has 2 aromatic carbocycles. The van der Waals surface area contributed by atoms with E-state index in [2.05, 4.69) is 15.3 Å². The minimum Gasteiger partial charge on any atom is -0.508 e. The summed E-state index contributed by atoms with van der Waals surface area (Å²) in [5.41, 5.74) is 2.42. The summed E-state index contributed by atoms with van der Waals surface area (Å²) in [5, 5.41) is 30.4. The van der Waals surface area contributed by atoms with Crippen LogP contribution in [0, 0.1) is 11.7 Å². The van der Waals surface area contributed by atoms with Gasteiger partial charge in [0.1, 0.15) is 11.5 Å². The Labute approximate surface area is 137 Å². The van der Waals surface area contributed by atoms with Crippen LogP contribution in [0.5, 0.6) is 11.5 Å². The average molecular weight is 326 g/mol. The van der Waals surface area contributed by atoms with Gasteiger partial charge in [0, 0.05) is 17.2 Å². The third-order valence-corrected chi connectivity index (χ3v) is 3.63. The minimum absolute atomic E-state index is 0.0137. The molecular weight excluding hydrogens is 312 g/mol. The second kappa shape index (κ2) is 6.05. The number of nitrogens with one attached hydrogen (secondary N) is 1. The fourth-order valence-electron chi connectivity index (χ4n) is 2.16. The molecule has 6 nitrogen and oxygen atoms in total. The van der Waals surface area contributed by atoms with Gasteiger partial charge in [0.2, 0.25) is 4.77 Å². The lowest BCUT2D eigenvalue weighted by Gasteiger charge is -2.04. The zero-order valence-corrected chi connectivity index (χ0v) is 13.1. The number of hydrogen-bond acceptors (Lipinski definition) is 5. The highest BCUT2D eigenvalue weighted by Crippen LogP contribution is 2.23. The van der Waals surface area contributed by atoms with Crippen molar-refractivity contribution in [3.8, 4) is 22.9 Å². The molecule has 0 fully saturated rings. The van der Waals surface area contributed by atoms with Crippen molar-refractivity contribution < 1.29 is 10.2 Å². The van der Waals surface area contributed by atoms with Gasteiger partial charge in [-0.2, -0.15) is 14.9 Å². The molecule has 0 spiro atoms. The van der Waals surface area contributed by atoms with Crippen molar-refractivity contribution in [3.05, 3.63) is 58.4 Å². The molecule has 1 heterocycles. The Morgan fingerprint density at radius 1 is 1.22 bits per heavy atom. The molecule has 116 valence electrons. The Morgan fingerprint density at radius 2 is 2.00 bits per heavy atom. The van der Waals surface area contributed by atoms with Crippen LogP contribution in [0.4, 0.5) is 0 Å². The largest absolute Gasteiger partial charge is 0.508 e. The van der Waals surface area contributed by atoms with E-state index in [0.29, 0.717) is 16.2 Å². The molecule has 0 saturated carbocycles. The minimum atomic E-state index is -0.0683. The standard InChI is InChI=1S/C16H14N4O2S/c1-10-4-2-3-5-13(10)15-18-19-16(23)20(15)17-9-11-6-7-12(21)8-14(11)22/h2-9,21-22H,1H3,(H,19,23). The first-order chi connectivity index (χ1) is 11.1. The van der Waals surface area contributed by atoms with Gasteiger partial charge in [-0.25, -0.2) is 5.10 Å². The van der Waals surface area contributed by atoms with Crippen LogP contribution in [0.25, 0.3) is 11.4 Å². The molecule has 3 aromatic rings. The molecular formula is C16H14N4O2S. The normalized spacial score (nSPS) is 11.2. The van der Waals surface area contributed by atoms with Crippen LogP contribution in [-0.4, -0.2) is 31.3 Å². The van der Waals surface area contributed by atoms with Gasteiger partial charge >= 0.3 is 0 Å². The Balaban J connectivity index is 2.04. The Morgan fingerprint density at radius 3 is 2.74 bits per heavy atom. The maximum absolute atomic E-state index is 9.81. The summed E-state index contributed by atoms with van der Waals surface area (Å²) >= 11 is 5.21. The molecule has 3 rings (SSSR count). The van der Waals surface area contributed by atoms with Crippen molar-refractivity contribution in [2.24, 2.45) is 5.10 Å².